The summed E-state index contributed by atoms with van der Waals surface area (Å²) in [5, 5.41) is 7.01. The van der Waals surface area contributed by atoms with Crippen molar-refractivity contribution in [3.63, 3.8) is 0 Å². The van der Waals surface area contributed by atoms with Crippen molar-refractivity contribution in [2.75, 3.05) is 13.1 Å². The van der Waals surface area contributed by atoms with Crippen molar-refractivity contribution in [2.24, 2.45) is 5.92 Å². The second-order valence-corrected chi connectivity index (χ2v) is 6.67. The number of carbonyl (C=O) groups excluding carboxylic acids is 1. The van der Waals surface area contributed by atoms with E-state index >= 15 is 0 Å². The number of H-pyrrole nitrogens is 1. The summed E-state index contributed by atoms with van der Waals surface area (Å²) in [4.78, 5) is 18.6. The van der Waals surface area contributed by atoms with E-state index in [1.54, 1.807) is 24.4 Å². The van der Waals surface area contributed by atoms with Crippen molar-refractivity contribution < 1.29 is 9.18 Å². The normalized spacial score (nSPS) is 15.3. The molecule has 6 nitrogen and oxygen atoms in total. The number of aromatic nitrogens is 4. The third-order valence-corrected chi connectivity index (χ3v) is 4.88. The van der Waals surface area contributed by atoms with Crippen molar-refractivity contribution in [1.29, 1.82) is 0 Å². The van der Waals surface area contributed by atoms with Crippen LogP contribution in [0, 0.1) is 11.7 Å². The van der Waals surface area contributed by atoms with E-state index in [1.165, 1.54) is 12.1 Å². The van der Waals surface area contributed by atoms with Crippen molar-refractivity contribution in [3.05, 3.63) is 60.6 Å². The molecule has 1 aliphatic heterocycles. The summed E-state index contributed by atoms with van der Waals surface area (Å²) >= 11 is 0. The topological polar surface area (TPSA) is 66.8 Å². The number of amides is 1. The molecule has 0 radical (unpaired) electrons. The number of nitrogens with one attached hydrogen (secondary N) is 1. The number of aromatic amines is 1. The Morgan fingerprint density at radius 3 is 2.69 bits per heavy atom. The number of nitrogens with zero attached hydrogens (tertiary/aromatic N) is 4. The monoisotopic (exact) mass is 353 g/mol. The number of piperidine rings is 1. The molecule has 0 aliphatic carbocycles. The average molecular weight is 353 g/mol. The van der Waals surface area contributed by atoms with Crippen LogP contribution in [0.2, 0.25) is 0 Å². The molecular formula is C19H20FN5O. The molecule has 2 aromatic heterocycles. The first-order valence-corrected chi connectivity index (χ1v) is 8.75. The molecule has 7 heteroatoms. The Labute approximate surface area is 150 Å². The van der Waals surface area contributed by atoms with Crippen molar-refractivity contribution in [3.8, 4) is 11.3 Å². The van der Waals surface area contributed by atoms with Crippen molar-refractivity contribution in [2.45, 2.75) is 19.4 Å². The van der Waals surface area contributed by atoms with Gasteiger partial charge in [0.2, 0.25) is 0 Å². The molecule has 0 spiro atoms. The Kier molecular flexibility index (Phi) is 4.51. The Morgan fingerprint density at radius 1 is 1.23 bits per heavy atom. The minimum atomic E-state index is -0.292. The summed E-state index contributed by atoms with van der Waals surface area (Å²) in [6.07, 6.45) is 7.54. The van der Waals surface area contributed by atoms with Crippen LogP contribution >= 0.6 is 0 Å². The van der Waals surface area contributed by atoms with Crippen LogP contribution in [0.25, 0.3) is 11.3 Å². The lowest BCUT2D eigenvalue weighted by molar-refractivity contribution is 0.0677. The summed E-state index contributed by atoms with van der Waals surface area (Å²) in [7, 11) is 0. The zero-order chi connectivity index (χ0) is 17.9. The molecule has 3 aromatic rings. The lowest BCUT2D eigenvalue weighted by Gasteiger charge is -2.31. The maximum Gasteiger partial charge on any atom is 0.271 e. The quantitative estimate of drug-likeness (QED) is 0.784. The number of benzene rings is 1. The highest BCUT2D eigenvalue weighted by Gasteiger charge is 2.25. The van der Waals surface area contributed by atoms with Gasteiger partial charge in [0.25, 0.3) is 5.91 Å². The highest BCUT2D eigenvalue weighted by atomic mass is 19.1. The van der Waals surface area contributed by atoms with E-state index in [0.717, 1.165) is 38.0 Å². The summed E-state index contributed by atoms with van der Waals surface area (Å²) in [6.45, 7) is 2.42. The molecule has 1 N–H and O–H groups in total. The van der Waals surface area contributed by atoms with E-state index in [9.17, 15) is 9.18 Å². The standard InChI is InChI=1S/C19H20FN5O/c20-16-3-1-15(2-4-16)17-11-18(23-22-17)19(26)25-8-5-14(6-9-25)12-24-10-7-21-13-24/h1-4,7,10-11,13-14H,5-6,8-9,12H2,(H,22,23). The van der Waals surface area contributed by atoms with Gasteiger partial charge in [-0.2, -0.15) is 5.10 Å². The Hall–Kier alpha value is -2.96. The van der Waals surface area contributed by atoms with Gasteiger partial charge in [0.15, 0.2) is 0 Å². The number of rotatable bonds is 4. The Morgan fingerprint density at radius 2 is 2.00 bits per heavy atom. The van der Waals surface area contributed by atoms with E-state index in [1.807, 2.05) is 17.4 Å². The summed E-state index contributed by atoms with van der Waals surface area (Å²) < 4.78 is 15.1. The van der Waals surface area contributed by atoms with E-state index in [0.29, 0.717) is 17.3 Å². The fourth-order valence-corrected chi connectivity index (χ4v) is 3.38. The van der Waals surface area contributed by atoms with Crippen LogP contribution in [0.15, 0.2) is 49.1 Å². The smallest absolute Gasteiger partial charge is 0.271 e. The lowest BCUT2D eigenvalue weighted by atomic mass is 9.96. The first-order chi connectivity index (χ1) is 12.7. The molecule has 1 fully saturated rings. The number of halogens is 1. The molecule has 134 valence electrons. The van der Waals surface area contributed by atoms with E-state index in [-0.39, 0.29) is 11.7 Å². The first-order valence-electron chi connectivity index (χ1n) is 8.75. The predicted molar refractivity (Wildman–Crippen MR) is 94.8 cm³/mol. The van der Waals surface area contributed by atoms with Crippen LogP contribution < -0.4 is 0 Å². The molecule has 1 amide bonds. The van der Waals surface area contributed by atoms with Gasteiger partial charge < -0.3 is 9.47 Å². The van der Waals surface area contributed by atoms with Gasteiger partial charge in [0.1, 0.15) is 11.5 Å². The second-order valence-electron chi connectivity index (χ2n) is 6.67. The number of hydrogen-bond donors (Lipinski definition) is 1. The molecule has 26 heavy (non-hydrogen) atoms. The molecule has 0 unspecified atom stereocenters. The highest BCUT2D eigenvalue weighted by molar-refractivity contribution is 5.93. The fraction of sp³-hybridized carbons (Fsp3) is 0.316. The molecule has 3 heterocycles. The molecule has 0 bridgehead atoms. The molecule has 0 atom stereocenters. The zero-order valence-corrected chi connectivity index (χ0v) is 14.3. The zero-order valence-electron chi connectivity index (χ0n) is 14.3. The Balaban J connectivity index is 1.37. The Bertz CT molecular complexity index is 864. The lowest BCUT2D eigenvalue weighted by Crippen LogP contribution is -2.39. The third-order valence-electron chi connectivity index (χ3n) is 4.88. The third kappa shape index (κ3) is 3.51. The highest BCUT2D eigenvalue weighted by Crippen LogP contribution is 2.22. The SMILES string of the molecule is O=C(c1cc(-c2ccc(F)cc2)n[nH]1)N1CCC(Cn2ccnc2)CC1. The van der Waals surface area contributed by atoms with Crippen LogP contribution in [-0.2, 0) is 6.54 Å². The van der Waals surface area contributed by atoms with Gasteiger partial charge in [-0.1, -0.05) is 0 Å². The van der Waals surface area contributed by atoms with Gasteiger partial charge in [-0.15, -0.1) is 0 Å². The van der Waals surface area contributed by atoms with E-state index in [2.05, 4.69) is 19.7 Å². The number of imidazole rings is 1. The van der Waals surface area contributed by atoms with Crippen LogP contribution in [0.5, 0.6) is 0 Å². The summed E-state index contributed by atoms with van der Waals surface area (Å²) in [6, 6.07) is 7.81. The second kappa shape index (κ2) is 7.11. The van der Waals surface area contributed by atoms with Crippen molar-refractivity contribution >= 4 is 5.91 Å². The largest absolute Gasteiger partial charge is 0.337 e. The van der Waals surface area contributed by atoms with Crippen LogP contribution in [-0.4, -0.2) is 43.6 Å². The van der Waals surface area contributed by atoms with E-state index < -0.39 is 0 Å². The maximum atomic E-state index is 13.0. The van der Waals surface area contributed by atoms with Gasteiger partial charge in [0, 0.05) is 37.6 Å². The summed E-state index contributed by atoms with van der Waals surface area (Å²) in [5.41, 5.74) is 1.89. The molecule has 4 rings (SSSR count). The molecule has 1 saturated heterocycles. The first kappa shape index (κ1) is 16.5. The molecule has 0 saturated carbocycles. The van der Waals surface area contributed by atoms with Gasteiger partial charge in [-0.25, -0.2) is 9.37 Å². The average Bonchev–Trinajstić information content (AvgIpc) is 3.34. The van der Waals surface area contributed by atoms with Gasteiger partial charge in [0.05, 0.1) is 12.0 Å². The van der Waals surface area contributed by atoms with Crippen LogP contribution in [0.4, 0.5) is 4.39 Å². The maximum absolute atomic E-state index is 13.0. The van der Waals surface area contributed by atoms with E-state index in [4.69, 9.17) is 0 Å². The number of likely N-dealkylation sites (tertiary alicyclic amines) is 1. The number of hydrogen-bond acceptors (Lipinski definition) is 3. The minimum Gasteiger partial charge on any atom is -0.337 e. The van der Waals surface area contributed by atoms with Crippen LogP contribution in [0.3, 0.4) is 0 Å². The van der Waals surface area contributed by atoms with Gasteiger partial charge in [-0.05, 0) is 49.1 Å². The van der Waals surface area contributed by atoms with Gasteiger partial charge in [-0.3, -0.25) is 9.89 Å². The van der Waals surface area contributed by atoms with Crippen molar-refractivity contribution in [1.82, 2.24) is 24.6 Å². The van der Waals surface area contributed by atoms with Gasteiger partial charge >= 0.3 is 0 Å². The predicted octanol–water partition coefficient (Wildman–Crippen LogP) is 2.96. The summed E-state index contributed by atoms with van der Waals surface area (Å²) in [5.74, 6) is 0.232. The molecule has 1 aromatic carbocycles. The minimum absolute atomic E-state index is 0.0352. The molecular weight excluding hydrogens is 333 g/mol. The number of carbonyl (C=O) groups is 1. The fourth-order valence-electron chi connectivity index (χ4n) is 3.38. The van der Waals surface area contributed by atoms with Crippen LogP contribution in [0.1, 0.15) is 23.3 Å². The molecule has 1 aliphatic rings.